The van der Waals surface area contributed by atoms with Gasteiger partial charge in [0.15, 0.2) is 11.5 Å². The molecule has 7 nitrogen and oxygen atoms in total. The molecular formula is C15H22N2O5S. The molecule has 1 amide bonds. The Labute approximate surface area is 136 Å². The molecule has 0 saturated carbocycles. The highest BCUT2D eigenvalue weighted by Crippen LogP contribution is 2.29. The number of nitrogens with one attached hydrogen (secondary N) is 1. The standard InChI is InChI=1S/C15H22N2O5S/c1-21-13-7-6-12(10-14(13)22-2)23(19,20)16-11-15(18)17-8-4-3-5-9-17/h6-7,10,16H,3-5,8-9,11H2,1-2H3. The fraction of sp³-hybridized carbons (Fsp3) is 0.533. The van der Waals surface area contributed by atoms with E-state index in [1.54, 1.807) is 4.90 Å². The minimum absolute atomic E-state index is 0.0293. The van der Waals surface area contributed by atoms with Gasteiger partial charge in [0.05, 0.1) is 25.7 Å². The summed E-state index contributed by atoms with van der Waals surface area (Å²) in [6.07, 6.45) is 3.05. The van der Waals surface area contributed by atoms with E-state index in [1.807, 2.05) is 0 Å². The topological polar surface area (TPSA) is 84.9 Å². The zero-order chi connectivity index (χ0) is 16.9. The first-order chi connectivity index (χ1) is 11.0. The summed E-state index contributed by atoms with van der Waals surface area (Å²) < 4.78 is 37.1. The van der Waals surface area contributed by atoms with Crippen LogP contribution >= 0.6 is 0 Å². The van der Waals surface area contributed by atoms with Crippen molar-refractivity contribution in [2.75, 3.05) is 33.9 Å². The number of carbonyl (C=O) groups excluding carboxylic acids is 1. The maximum Gasteiger partial charge on any atom is 0.241 e. The van der Waals surface area contributed by atoms with E-state index in [0.717, 1.165) is 19.3 Å². The number of piperidine rings is 1. The number of methoxy groups -OCH3 is 2. The summed E-state index contributed by atoms with van der Waals surface area (Å²) >= 11 is 0. The molecule has 1 heterocycles. The lowest BCUT2D eigenvalue weighted by atomic mass is 10.1. The monoisotopic (exact) mass is 342 g/mol. The number of ether oxygens (including phenoxy) is 2. The van der Waals surface area contributed by atoms with Gasteiger partial charge in [-0.2, -0.15) is 0 Å². The number of likely N-dealkylation sites (tertiary alicyclic amines) is 1. The van der Waals surface area contributed by atoms with Crippen molar-refractivity contribution in [3.05, 3.63) is 18.2 Å². The second-order valence-corrected chi connectivity index (χ2v) is 7.05. The molecule has 0 bridgehead atoms. The number of nitrogens with zero attached hydrogens (tertiary/aromatic N) is 1. The summed E-state index contributed by atoms with van der Waals surface area (Å²) in [7, 11) is -0.879. The third-order valence-electron chi connectivity index (χ3n) is 3.79. The largest absolute Gasteiger partial charge is 0.493 e. The SMILES string of the molecule is COc1ccc(S(=O)(=O)NCC(=O)N2CCCCC2)cc1OC. The Morgan fingerprint density at radius 3 is 2.39 bits per heavy atom. The molecular weight excluding hydrogens is 320 g/mol. The summed E-state index contributed by atoms with van der Waals surface area (Å²) in [5, 5.41) is 0. The van der Waals surface area contributed by atoms with Gasteiger partial charge in [-0.1, -0.05) is 0 Å². The van der Waals surface area contributed by atoms with Crippen LogP contribution in [0.15, 0.2) is 23.1 Å². The van der Waals surface area contributed by atoms with Crippen LogP contribution in [0.3, 0.4) is 0 Å². The number of benzene rings is 1. The Morgan fingerprint density at radius 1 is 1.13 bits per heavy atom. The third-order valence-corrected chi connectivity index (χ3v) is 5.19. The third kappa shape index (κ3) is 4.35. The Hall–Kier alpha value is -1.80. The molecule has 8 heteroatoms. The van der Waals surface area contributed by atoms with Gasteiger partial charge in [-0.3, -0.25) is 4.79 Å². The quantitative estimate of drug-likeness (QED) is 0.833. The van der Waals surface area contributed by atoms with Crippen LogP contribution in [-0.2, 0) is 14.8 Å². The molecule has 0 spiro atoms. The normalized spacial score (nSPS) is 15.3. The molecule has 0 aromatic heterocycles. The number of hydrogen-bond donors (Lipinski definition) is 1. The van der Waals surface area contributed by atoms with Crippen molar-refractivity contribution in [2.45, 2.75) is 24.2 Å². The molecule has 0 aliphatic carbocycles. The number of rotatable bonds is 6. The van der Waals surface area contributed by atoms with Crippen molar-refractivity contribution in [3.63, 3.8) is 0 Å². The average molecular weight is 342 g/mol. The van der Waals surface area contributed by atoms with Gasteiger partial charge in [-0.15, -0.1) is 0 Å². The van der Waals surface area contributed by atoms with Crippen LogP contribution < -0.4 is 14.2 Å². The van der Waals surface area contributed by atoms with E-state index in [1.165, 1.54) is 32.4 Å². The van der Waals surface area contributed by atoms with Gasteiger partial charge in [0, 0.05) is 19.2 Å². The minimum atomic E-state index is -3.78. The molecule has 1 fully saturated rings. The molecule has 2 rings (SSSR count). The Kier molecular flexibility index (Phi) is 5.84. The molecule has 1 aliphatic rings. The lowest BCUT2D eigenvalue weighted by molar-refractivity contribution is -0.130. The predicted molar refractivity (Wildman–Crippen MR) is 85.2 cm³/mol. The first-order valence-corrected chi connectivity index (χ1v) is 8.95. The molecule has 1 saturated heterocycles. The number of sulfonamides is 1. The fourth-order valence-corrected chi connectivity index (χ4v) is 3.47. The van der Waals surface area contributed by atoms with Crippen LogP contribution in [0, 0.1) is 0 Å². The van der Waals surface area contributed by atoms with E-state index in [-0.39, 0.29) is 17.3 Å². The first-order valence-electron chi connectivity index (χ1n) is 7.47. The summed E-state index contributed by atoms with van der Waals surface area (Å²) in [5.41, 5.74) is 0. The van der Waals surface area contributed by atoms with E-state index in [4.69, 9.17) is 9.47 Å². The van der Waals surface area contributed by atoms with Crippen LogP contribution in [0.2, 0.25) is 0 Å². The molecule has 1 aromatic carbocycles. The zero-order valence-corrected chi connectivity index (χ0v) is 14.2. The predicted octanol–water partition coefficient (Wildman–Crippen LogP) is 0.995. The van der Waals surface area contributed by atoms with Gasteiger partial charge < -0.3 is 14.4 Å². The zero-order valence-electron chi connectivity index (χ0n) is 13.4. The van der Waals surface area contributed by atoms with Crippen LogP contribution in [0.1, 0.15) is 19.3 Å². The molecule has 1 aliphatic heterocycles. The van der Waals surface area contributed by atoms with Gasteiger partial charge >= 0.3 is 0 Å². The fourth-order valence-electron chi connectivity index (χ4n) is 2.48. The highest BCUT2D eigenvalue weighted by molar-refractivity contribution is 7.89. The van der Waals surface area contributed by atoms with Crippen LogP contribution in [0.4, 0.5) is 0 Å². The molecule has 0 atom stereocenters. The van der Waals surface area contributed by atoms with Gasteiger partial charge in [0.25, 0.3) is 0 Å². The Morgan fingerprint density at radius 2 is 1.78 bits per heavy atom. The van der Waals surface area contributed by atoms with Crippen molar-refractivity contribution in [2.24, 2.45) is 0 Å². The second kappa shape index (κ2) is 7.65. The average Bonchev–Trinajstić information content (AvgIpc) is 2.59. The van der Waals surface area contributed by atoms with Crippen LogP contribution in [0.5, 0.6) is 11.5 Å². The summed E-state index contributed by atoms with van der Waals surface area (Å²) in [4.78, 5) is 13.8. The molecule has 128 valence electrons. The van der Waals surface area contributed by atoms with Gasteiger partial charge in [0.2, 0.25) is 15.9 Å². The van der Waals surface area contributed by atoms with Gasteiger partial charge in [-0.25, -0.2) is 13.1 Å². The first kappa shape index (κ1) is 17.6. The highest BCUT2D eigenvalue weighted by Gasteiger charge is 2.21. The summed E-state index contributed by atoms with van der Waals surface area (Å²) in [6.45, 7) is 1.14. The van der Waals surface area contributed by atoms with Crippen molar-refractivity contribution in [1.82, 2.24) is 9.62 Å². The van der Waals surface area contributed by atoms with Gasteiger partial charge in [0.1, 0.15) is 0 Å². The highest BCUT2D eigenvalue weighted by atomic mass is 32.2. The van der Waals surface area contributed by atoms with E-state index in [0.29, 0.717) is 24.6 Å². The van der Waals surface area contributed by atoms with E-state index < -0.39 is 10.0 Å². The van der Waals surface area contributed by atoms with Crippen LogP contribution in [-0.4, -0.2) is 53.1 Å². The number of hydrogen-bond acceptors (Lipinski definition) is 5. The molecule has 1 N–H and O–H groups in total. The number of carbonyl (C=O) groups is 1. The Balaban J connectivity index is 2.05. The number of amides is 1. The molecule has 23 heavy (non-hydrogen) atoms. The summed E-state index contributed by atoms with van der Waals surface area (Å²) in [6, 6.07) is 4.29. The second-order valence-electron chi connectivity index (χ2n) is 5.28. The van der Waals surface area contributed by atoms with Crippen molar-refractivity contribution >= 4 is 15.9 Å². The van der Waals surface area contributed by atoms with Crippen molar-refractivity contribution < 1.29 is 22.7 Å². The molecule has 1 aromatic rings. The molecule has 0 unspecified atom stereocenters. The lowest BCUT2D eigenvalue weighted by Crippen LogP contribution is -2.42. The van der Waals surface area contributed by atoms with Crippen molar-refractivity contribution in [3.8, 4) is 11.5 Å². The van der Waals surface area contributed by atoms with E-state index in [2.05, 4.69) is 4.72 Å². The van der Waals surface area contributed by atoms with Crippen LogP contribution in [0.25, 0.3) is 0 Å². The van der Waals surface area contributed by atoms with E-state index in [9.17, 15) is 13.2 Å². The maximum atomic E-state index is 12.3. The minimum Gasteiger partial charge on any atom is -0.493 e. The lowest BCUT2D eigenvalue weighted by Gasteiger charge is -2.26. The van der Waals surface area contributed by atoms with E-state index >= 15 is 0 Å². The Bertz CT molecular complexity index is 654. The van der Waals surface area contributed by atoms with Gasteiger partial charge in [-0.05, 0) is 31.4 Å². The summed E-state index contributed by atoms with van der Waals surface area (Å²) in [5.74, 6) is 0.558. The molecule has 0 radical (unpaired) electrons. The van der Waals surface area contributed by atoms with Crippen molar-refractivity contribution in [1.29, 1.82) is 0 Å². The smallest absolute Gasteiger partial charge is 0.241 e. The maximum absolute atomic E-state index is 12.3.